The third-order valence-electron chi connectivity index (χ3n) is 3.27. The summed E-state index contributed by atoms with van der Waals surface area (Å²) in [7, 11) is 1.77. The van der Waals surface area contributed by atoms with Crippen LogP contribution in [-0.4, -0.2) is 34.0 Å². The molecule has 20 heavy (non-hydrogen) atoms. The minimum Gasteiger partial charge on any atom is -0.409 e. The lowest BCUT2D eigenvalue weighted by atomic mass is 10.1. The maximum Gasteiger partial charge on any atom is 0.312 e. The van der Waals surface area contributed by atoms with Crippen molar-refractivity contribution >= 4 is 17.3 Å². The van der Waals surface area contributed by atoms with Gasteiger partial charge in [-0.2, -0.15) is 0 Å². The predicted octanol–water partition coefficient (Wildman–Crippen LogP) is 1.71. The fourth-order valence-electron chi connectivity index (χ4n) is 2.06. The monoisotopic (exact) mass is 281 g/mol. The molecule has 0 radical (unpaired) electrons. The van der Waals surface area contributed by atoms with Gasteiger partial charge >= 0.3 is 5.69 Å². The number of rotatable bonds is 6. The van der Waals surface area contributed by atoms with Gasteiger partial charge in [-0.05, 0) is 12.8 Å². The summed E-state index contributed by atoms with van der Waals surface area (Å²) in [6.07, 6.45) is 3.07. The maximum atomic E-state index is 11.2. The Bertz CT molecular complexity index is 514. The number of nitro groups is 1. The molecule has 0 spiro atoms. The number of nitrogens with two attached hydrogens (primary N) is 1. The van der Waals surface area contributed by atoms with Gasteiger partial charge in [0.05, 0.1) is 4.92 Å². The summed E-state index contributed by atoms with van der Waals surface area (Å²) in [5, 5.41) is 22.6. The van der Waals surface area contributed by atoms with Gasteiger partial charge in [-0.3, -0.25) is 10.1 Å². The molecule has 0 aliphatic rings. The van der Waals surface area contributed by atoms with E-state index < -0.39 is 4.92 Å². The van der Waals surface area contributed by atoms with Gasteiger partial charge in [-0.1, -0.05) is 19.0 Å². The van der Waals surface area contributed by atoms with Crippen LogP contribution in [0.2, 0.25) is 0 Å². The highest BCUT2D eigenvalue weighted by Crippen LogP contribution is 2.28. The molecule has 8 nitrogen and oxygen atoms in total. The van der Waals surface area contributed by atoms with Crippen LogP contribution in [-0.2, 0) is 0 Å². The number of anilines is 1. The molecule has 0 fully saturated rings. The van der Waals surface area contributed by atoms with E-state index in [1.165, 1.54) is 12.3 Å². The van der Waals surface area contributed by atoms with Crippen molar-refractivity contribution < 1.29 is 10.1 Å². The van der Waals surface area contributed by atoms with Crippen molar-refractivity contribution in [1.82, 2.24) is 4.98 Å². The second-order valence-corrected chi connectivity index (χ2v) is 4.39. The van der Waals surface area contributed by atoms with Crippen molar-refractivity contribution in [2.24, 2.45) is 10.9 Å². The fourth-order valence-corrected chi connectivity index (χ4v) is 2.06. The SMILES string of the molecule is CCC(CC)N(C)c1ncc(C(N)=NO)cc1[N+](=O)[O-]. The zero-order valence-corrected chi connectivity index (χ0v) is 11.8. The smallest absolute Gasteiger partial charge is 0.312 e. The van der Waals surface area contributed by atoms with E-state index in [2.05, 4.69) is 10.1 Å². The van der Waals surface area contributed by atoms with Crippen molar-refractivity contribution in [2.75, 3.05) is 11.9 Å². The molecule has 110 valence electrons. The van der Waals surface area contributed by atoms with Crippen LogP contribution in [0.15, 0.2) is 17.4 Å². The number of amidine groups is 1. The molecule has 0 saturated heterocycles. The van der Waals surface area contributed by atoms with E-state index in [9.17, 15) is 10.1 Å². The largest absolute Gasteiger partial charge is 0.409 e. The molecule has 1 aromatic rings. The molecule has 3 N–H and O–H groups in total. The zero-order chi connectivity index (χ0) is 15.3. The van der Waals surface area contributed by atoms with Crippen LogP contribution in [0.25, 0.3) is 0 Å². The van der Waals surface area contributed by atoms with E-state index in [0.717, 1.165) is 12.8 Å². The second kappa shape index (κ2) is 6.69. The van der Waals surface area contributed by atoms with E-state index in [4.69, 9.17) is 10.9 Å². The number of hydrogen-bond acceptors (Lipinski definition) is 6. The van der Waals surface area contributed by atoms with Gasteiger partial charge in [0.25, 0.3) is 0 Å². The molecule has 0 atom stereocenters. The number of nitrogens with zero attached hydrogens (tertiary/aromatic N) is 4. The Kier molecular flexibility index (Phi) is 5.24. The Balaban J connectivity index is 3.30. The summed E-state index contributed by atoms with van der Waals surface area (Å²) in [4.78, 5) is 16.5. The first kappa shape index (κ1) is 15.7. The minimum atomic E-state index is -0.518. The summed E-state index contributed by atoms with van der Waals surface area (Å²) in [5.74, 6) is 0.0653. The first-order valence-corrected chi connectivity index (χ1v) is 6.31. The van der Waals surface area contributed by atoms with Gasteiger partial charge in [-0.15, -0.1) is 0 Å². The molecular weight excluding hydrogens is 262 g/mol. The Hall–Kier alpha value is -2.38. The third-order valence-corrected chi connectivity index (χ3v) is 3.27. The number of aromatic nitrogens is 1. The number of pyridine rings is 1. The van der Waals surface area contributed by atoms with Gasteiger partial charge in [0.2, 0.25) is 5.82 Å². The molecular formula is C12H19N5O3. The number of oxime groups is 1. The molecule has 0 aliphatic carbocycles. The molecule has 0 bridgehead atoms. The van der Waals surface area contributed by atoms with Crippen LogP contribution in [0.4, 0.5) is 11.5 Å². The second-order valence-electron chi connectivity index (χ2n) is 4.39. The van der Waals surface area contributed by atoms with Gasteiger partial charge in [0.15, 0.2) is 5.84 Å². The normalized spacial score (nSPS) is 11.7. The maximum absolute atomic E-state index is 11.2. The Labute approximate surface area is 117 Å². The summed E-state index contributed by atoms with van der Waals surface area (Å²) in [6.45, 7) is 4.03. The van der Waals surface area contributed by atoms with Gasteiger partial charge in [-0.25, -0.2) is 4.98 Å². The van der Waals surface area contributed by atoms with Gasteiger partial charge < -0.3 is 15.8 Å². The minimum absolute atomic E-state index is 0.163. The quantitative estimate of drug-likeness (QED) is 0.269. The molecule has 1 heterocycles. The van der Waals surface area contributed by atoms with Crippen LogP contribution in [0.3, 0.4) is 0 Å². The summed E-state index contributed by atoms with van der Waals surface area (Å²) >= 11 is 0. The average Bonchev–Trinajstić information content (AvgIpc) is 2.46. The van der Waals surface area contributed by atoms with Crippen molar-refractivity contribution in [1.29, 1.82) is 0 Å². The molecule has 0 amide bonds. The average molecular weight is 281 g/mol. The predicted molar refractivity (Wildman–Crippen MR) is 76.2 cm³/mol. The van der Waals surface area contributed by atoms with E-state index in [0.29, 0.717) is 0 Å². The van der Waals surface area contributed by atoms with Crippen LogP contribution in [0, 0.1) is 10.1 Å². The molecule has 0 unspecified atom stereocenters. The topological polar surface area (TPSA) is 118 Å². The lowest BCUT2D eigenvalue weighted by Gasteiger charge is -2.26. The lowest BCUT2D eigenvalue weighted by Crippen LogP contribution is -2.31. The Morgan fingerprint density at radius 3 is 2.65 bits per heavy atom. The first-order valence-electron chi connectivity index (χ1n) is 6.31. The summed E-state index contributed by atoms with van der Waals surface area (Å²) < 4.78 is 0. The van der Waals surface area contributed by atoms with Crippen molar-refractivity contribution in [2.45, 2.75) is 32.7 Å². The van der Waals surface area contributed by atoms with Gasteiger partial charge in [0, 0.05) is 30.9 Å². The van der Waals surface area contributed by atoms with Crippen LogP contribution in [0.1, 0.15) is 32.3 Å². The molecule has 1 rings (SSSR count). The van der Waals surface area contributed by atoms with E-state index in [1.54, 1.807) is 11.9 Å². The highest BCUT2D eigenvalue weighted by atomic mass is 16.6. The van der Waals surface area contributed by atoms with E-state index >= 15 is 0 Å². The summed E-state index contributed by atoms with van der Waals surface area (Å²) in [5.41, 5.74) is 5.47. The summed E-state index contributed by atoms with van der Waals surface area (Å²) in [6, 6.07) is 1.42. The number of hydrogen-bond donors (Lipinski definition) is 2. The van der Waals surface area contributed by atoms with Crippen LogP contribution < -0.4 is 10.6 Å². The van der Waals surface area contributed by atoms with Crippen LogP contribution >= 0.6 is 0 Å². The molecule has 0 saturated carbocycles. The molecule has 0 aliphatic heterocycles. The Morgan fingerprint density at radius 2 is 2.20 bits per heavy atom. The van der Waals surface area contributed by atoms with Crippen molar-refractivity contribution in [3.63, 3.8) is 0 Å². The third kappa shape index (κ3) is 3.14. The molecule has 8 heteroatoms. The first-order chi connectivity index (χ1) is 9.46. The standard InChI is InChI=1S/C12H19N5O3/c1-4-9(5-2)16(3)12-10(17(19)20)6-8(7-14-12)11(13)15-18/h6-7,9,18H,4-5H2,1-3H3,(H2,13,15). The fraction of sp³-hybridized carbons (Fsp3) is 0.500. The van der Waals surface area contributed by atoms with Crippen LogP contribution in [0.5, 0.6) is 0 Å². The molecule has 1 aromatic heterocycles. The highest BCUT2D eigenvalue weighted by Gasteiger charge is 2.24. The van der Waals surface area contributed by atoms with E-state index in [1.807, 2.05) is 13.8 Å². The van der Waals surface area contributed by atoms with E-state index in [-0.39, 0.29) is 28.9 Å². The lowest BCUT2D eigenvalue weighted by molar-refractivity contribution is -0.384. The highest BCUT2D eigenvalue weighted by molar-refractivity contribution is 5.97. The van der Waals surface area contributed by atoms with Crippen molar-refractivity contribution in [3.05, 3.63) is 27.9 Å². The zero-order valence-electron chi connectivity index (χ0n) is 11.8. The van der Waals surface area contributed by atoms with Crippen molar-refractivity contribution in [3.8, 4) is 0 Å². The molecule has 0 aromatic carbocycles. The van der Waals surface area contributed by atoms with Gasteiger partial charge in [0.1, 0.15) is 0 Å². The Morgan fingerprint density at radius 1 is 1.60 bits per heavy atom.